The van der Waals surface area contributed by atoms with E-state index >= 15 is 0 Å². The molecule has 20 heavy (non-hydrogen) atoms. The zero-order valence-corrected chi connectivity index (χ0v) is 10.6. The predicted octanol–water partition coefficient (Wildman–Crippen LogP) is 2.26. The second-order valence-corrected chi connectivity index (χ2v) is 4.60. The first-order valence-electron chi connectivity index (χ1n) is 6.22. The summed E-state index contributed by atoms with van der Waals surface area (Å²) in [6, 6.07) is 6.65. The number of rotatable bonds is 2. The molecule has 1 aliphatic rings. The Morgan fingerprint density at radius 3 is 2.85 bits per heavy atom. The first-order chi connectivity index (χ1) is 9.63. The fourth-order valence-electron chi connectivity index (χ4n) is 2.11. The summed E-state index contributed by atoms with van der Waals surface area (Å²) in [6.07, 6.45) is 2.95. The SMILES string of the molecule is N=C1CCc2cnc(Nc3cccc(O)c3)nc2C1=N. The first-order valence-corrected chi connectivity index (χ1v) is 6.22. The zero-order valence-electron chi connectivity index (χ0n) is 10.6. The lowest BCUT2D eigenvalue weighted by atomic mass is 9.94. The molecular formula is C14H13N5O. The van der Waals surface area contributed by atoms with Crippen LogP contribution >= 0.6 is 0 Å². The zero-order chi connectivity index (χ0) is 14.1. The molecule has 6 nitrogen and oxygen atoms in total. The van der Waals surface area contributed by atoms with Gasteiger partial charge in [0.05, 0.1) is 11.4 Å². The van der Waals surface area contributed by atoms with Crippen molar-refractivity contribution in [1.82, 2.24) is 9.97 Å². The largest absolute Gasteiger partial charge is 0.508 e. The molecule has 0 unspecified atom stereocenters. The molecule has 0 amide bonds. The van der Waals surface area contributed by atoms with Crippen molar-refractivity contribution >= 4 is 23.1 Å². The summed E-state index contributed by atoms with van der Waals surface area (Å²) < 4.78 is 0. The first kappa shape index (κ1) is 12.3. The van der Waals surface area contributed by atoms with Crippen LogP contribution in [0.2, 0.25) is 0 Å². The molecule has 0 radical (unpaired) electrons. The predicted molar refractivity (Wildman–Crippen MR) is 76.3 cm³/mol. The van der Waals surface area contributed by atoms with E-state index in [1.54, 1.807) is 30.5 Å². The molecule has 6 heteroatoms. The van der Waals surface area contributed by atoms with Gasteiger partial charge in [0.2, 0.25) is 5.95 Å². The number of phenols is 1. The minimum atomic E-state index is 0.155. The summed E-state index contributed by atoms with van der Waals surface area (Å²) in [6.45, 7) is 0. The van der Waals surface area contributed by atoms with Gasteiger partial charge in [0, 0.05) is 18.0 Å². The van der Waals surface area contributed by atoms with Gasteiger partial charge in [-0.2, -0.15) is 0 Å². The standard InChI is InChI=1S/C14H13N5O/c15-11-5-4-8-7-17-14(19-13(8)12(11)16)18-9-2-1-3-10(20)6-9/h1-3,6-7,15-16,20H,4-5H2,(H,17,18,19). The van der Waals surface area contributed by atoms with Crippen molar-refractivity contribution in [3.63, 3.8) is 0 Å². The Morgan fingerprint density at radius 1 is 1.20 bits per heavy atom. The van der Waals surface area contributed by atoms with Crippen molar-refractivity contribution in [3.8, 4) is 5.75 Å². The molecule has 0 atom stereocenters. The smallest absolute Gasteiger partial charge is 0.227 e. The third kappa shape index (κ3) is 2.23. The van der Waals surface area contributed by atoms with Gasteiger partial charge in [-0.25, -0.2) is 9.97 Å². The highest BCUT2D eigenvalue weighted by molar-refractivity contribution is 6.46. The average Bonchev–Trinajstić information content (AvgIpc) is 2.43. The van der Waals surface area contributed by atoms with Crippen LogP contribution in [0.5, 0.6) is 5.75 Å². The molecule has 1 aromatic carbocycles. The van der Waals surface area contributed by atoms with E-state index in [1.807, 2.05) is 0 Å². The topological polar surface area (TPSA) is 106 Å². The van der Waals surface area contributed by atoms with Gasteiger partial charge in [-0.05, 0) is 30.5 Å². The number of hydrogen-bond acceptors (Lipinski definition) is 6. The monoisotopic (exact) mass is 267 g/mol. The number of benzene rings is 1. The third-order valence-corrected chi connectivity index (χ3v) is 3.15. The van der Waals surface area contributed by atoms with E-state index in [0.717, 1.165) is 5.56 Å². The molecule has 0 saturated heterocycles. The number of phenolic OH excluding ortho intramolecular Hbond substituents is 1. The molecule has 1 aromatic heterocycles. The van der Waals surface area contributed by atoms with Gasteiger partial charge >= 0.3 is 0 Å². The van der Waals surface area contributed by atoms with E-state index in [9.17, 15) is 5.11 Å². The van der Waals surface area contributed by atoms with Crippen LogP contribution in [-0.4, -0.2) is 26.5 Å². The molecule has 4 N–H and O–H groups in total. The van der Waals surface area contributed by atoms with Crippen molar-refractivity contribution in [1.29, 1.82) is 10.8 Å². The van der Waals surface area contributed by atoms with E-state index in [0.29, 0.717) is 35.9 Å². The molecule has 100 valence electrons. The lowest BCUT2D eigenvalue weighted by Crippen LogP contribution is -2.23. The molecule has 0 fully saturated rings. The number of aromatic hydroxyl groups is 1. The lowest BCUT2D eigenvalue weighted by Gasteiger charge is -2.17. The van der Waals surface area contributed by atoms with Gasteiger partial charge in [0.1, 0.15) is 11.5 Å². The second-order valence-electron chi connectivity index (χ2n) is 4.60. The molecule has 0 aliphatic heterocycles. The highest BCUT2D eigenvalue weighted by Crippen LogP contribution is 2.21. The quantitative estimate of drug-likeness (QED) is 0.669. The second kappa shape index (κ2) is 4.73. The van der Waals surface area contributed by atoms with Crippen LogP contribution in [-0.2, 0) is 6.42 Å². The Labute approximate surface area is 115 Å². The molecule has 3 rings (SSSR count). The number of nitrogens with one attached hydrogen (secondary N) is 3. The van der Waals surface area contributed by atoms with Crippen LogP contribution < -0.4 is 5.32 Å². The van der Waals surface area contributed by atoms with E-state index in [4.69, 9.17) is 10.8 Å². The molecule has 2 aromatic rings. The highest BCUT2D eigenvalue weighted by atomic mass is 16.3. The maximum Gasteiger partial charge on any atom is 0.227 e. The summed E-state index contributed by atoms with van der Waals surface area (Å²) in [5, 5.41) is 28.0. The molecular weight excluding hydrogens is 254 g/mol. The maximum atomic E-state index is 9.42. The number of anilines is 2. The van der Waals surface area contributed by atoms with Crippen LogP contribution in [0.4, 0.5) is 11.6 Å². The van der Waals surface area contributed by atoms with Crippen LogP contribution in [0.3, 0.4) is 0 Å². The average molecular weight is 267 g/mol. The fraction of sp³-hybridized carbons (Fsp3) is 0.143. The van der Waals surface area contributed by atoms with Crippen molar-refractivity contribution in [2.45, 2.75) is 12.8 Å². The number of nitrogens with zero attached hydrogens (tertiary/aromatic N) is 2. The Kier molecular flexibility index (Phi) is 2.90. The normalized spacial score (nSPS) is 14.0. The van der Waals surface area contributed by atoms with Crippen LogP contribution in [0, 0.1) is 10.8 Å². The van der Waals surface area contributed by atoms with Crippen LogP contribution in [0.1, 0.15) is 17.7 Å². The molecule has 0 spiro atoms. The van der Waals surface area contributed by atoms with E-state index in [2.05, 4.69) is 15.3 Å². The van der Waals surface area contributed by atoms with Crippen LogP contribution in [0.25, 0.3) is 0 Å². The van der Waals surface area contributed by atoms with Gasteiger partial charge in [-0.15, -0.1) is 0 Å². The lowest BCUT2D eigenvalue weighted by molar-refractivity contribution is 0.475. The van der Waals surface area contributed by atoms with Gasteiger partial charge in [-0.3, -0.25) is 5.41 Å². The van der Waals surface area contributed by atoms with E-state index in [1.165, 1.54) is 0 Å². The molecule has 0 bridgehead atoms. The Bertz CT molecular complexity index is 710. The van der Waals surface area contributed by atoms with Gasteiger partial charge in [0.15, 0.2) is 0 Å². The van der Waals surface area contributed by atoms with Crippen molar-refractivity contribution < 1.29 is 5.11 Å². The Hall–Kier alpha value is -2.76. The van der Waals surface area contributed by atoms with E-state index in [-0.39, 0.29) is 11.5 Å². The van der Waals surface area contributed by atoms with Gasteiger partial charge < -0.3 is 15.8 Å². The maximum absolute atomic E-state index is 9.42. The molecule has 1 heterocycles. The van der Waals surface area contributed by atoms with Gasteiger partial charge in [-0.1, -0.05) is 6.07 Å². The fourth-order valence-corrected chi connectivity index (χ4v) is 2.11. The minimum Gasteiger partial charge on any atom is -0.508 e. The summed E-state index contributed by atoms with van der Waals surface area (Å²) in [5.74, 6) is 0.510. The number of aromatic nitrogens is 2. The summed E-state index contributed by atoms with van der Waals surface area (Å²) in [7, 11) is 0. The summed E-state index contributed by atoms with van der Waals surface area (Å²) >= 11 is 0. The number of aryl methyl sites for hydroxylation is 1. The van der Waals surface area contributed by atoms with Crippen molar-refractivity contribution in [2.24, 2.45) is 0 Å². The Morgan fingerprint density at radius 2 is 2.05 bits per heavy atom. The van der Waals surface area contributed by atoms with Crippen LogP contribution in [0.15, 0.2) is 30.5 Å². The minimum absolute atomic E-state index is 0.155. The molecule has 0 saturated carbocycles. The summed E-state index contributed by atoms with van der Waals surface area (Å²) in [5.41, 5.74) is 2.54. The molecule has 1 aliphatic carbocycles. The highest BCUT2D eigenvalue weighted by Gasteiger charge is 2.21. The number of fused-ring (bicyclic) bond motifs is 1. The Balaban J connectivity index is 1.92. The van der Waals surface area contributed by atoms with Gasteiger partial charge in [0.25, 0.3) is 0 Å². The van der Waals surface area contributed by atoms with Crippen molar-refractivity contribution in [3.05, 3.63) is 41.7 Å². The third-order valence-electron chi connectivity index (χ3n) is 3.15. The van der Waals surface area contributed by atoms with Crippen molar-refractivity contribution in [2.75, 3.05) is 5.32 Å². The van der Waals surface area contributed by atoms with E-state index < -0.39 is 0 Å². The summed E-state index contributed by atoms with van der Waals surface area (Å²) in [4.78, 5) is 8.51. The number of hydrogen-bond donors (Lipinski definition) is 4.